The average Bonchev–Trinajstić information content (AvgIpc) is 2.74. The fourth-order valence-electron chi connectivity index (χ4n) is 3.25. The van der Waals surface area contributed by atoms with Crippen molar-refractivity contribution < 1.29 is 14.3 Å². The molecule has 0 atom stereocenters. The molecule has 28 heavy (non-hydrogen) atoms. The van der Waals surface area contributed by atoms with Gasteiger partial charge in [0.1, 0.15) is 0 Å². The number of carbonyl (C=O) groups is 1. The van der Waals surface area contributed by atoms with Gasteiger partial charge in [-0.25, -0.2) is 4.98 Å². The second-order valence-corrected chi connectivity index (χ2v) is 7.74. The molecule has 0 N–H and O–H groups in total. The summed E-state index contributed by atoms with van der Waals surface area (Å²) < 4.78 is 10.8. The van der Waals surface area contributed by atoms with Gasteiger partial charge in [-0.1, -0.05) is 17.8 Å². The minimum absolute atomic E-state index is 0.178. The third kappa shape index (κ3) is 5.17. The van der Waals surface area contributed by atoms with Crippen LogP contribution < -0.4 is 9.47 Å². The zero-order chi connectivity index (χ0) is 19.9. The van der Waals surface area contributed by atoms with Gasteiger partial charge in [-0.3, -0.25) is 9.69 Å². The van der Waals surface area contributed by atoms with E-state index >= 15 is 0 Å². The molecule has 1 amide bonds. The van der Waals surface area contributed by atoms with Crippen LogP contribution in [0.4, 0.5) is 0 Å². The lowest BCUT2D eigenvalue weighted by Crippen LogP contribution is -2.48. The smallest absolute Gasteiger partial charge is 0.233 e. The van der Waals surface area contributed by atoms with E-state index in [-0.39, 0.29) is 5.91 Å². The van der Waals surface area contributed by atoms with Crippen LogP contribution in [0.1, 0.15) is 11.1 Å². The number of rotatable bonds is 7. The summed E-state index contributed by atoms with van der Waals surface area (Å²) in [5.41, 5.74) is 2.41. The van der Waals surface area contributed by atoms with Crippen molar-refractivity contribution in [1.82, 2.24) is 14.8 Å². The first kappa shape index (κ1) is 20.5. The molecule has 7 heteroatoms. The molecule has 2 aromatic rings. The molecule has 3 rings (SSSR count). The number of carbonyl (C=O) groups excluding carboxylic acids is 1. The number of pyridine rings is 1. The van der Waals surface area contributed by atoms with Crippen molar-refractivity contribution in [2.45, 2.75) is 18.5 Å². The summed E-state index contributed by atoms with van der Waals surface area (Å²) in [6.45, 7) is 6.19. The lowest BCUT2D eigenvalue weighted by molar-refractivity contribution is -0.130. The van der Waals surface area contributed by atoms with E-state index in [2.05, 4.69) is 22.9 Å². The Hall–Kier alpha value is -2.25. The fourth-order valence-corrected chi connectivity index (χ4v) is 4.01. The number of aryl methyl sites for hydroxylation is 1. The van der Waals surface area contributed by atoms with Crippen molar-refractivity contribution in [2.75, 3.05) is 46.2 Å². The number of aromatic nitrogens is 1. The summed E-state index contributed by atoms with van der Waals surface area (Å²) in [7, 11) is 3.31. The summed E-state index contributed by atoms with van der Waals surface area (Å²) in [5.74, 6) is 2.12. The second kappa shape index (κ2) is 9.80. The molecule has 2 heterocycles. The van der Waals surface area contributed by atoms with E-state index in [0.717, 1.165) is 49.2 Å². The number of benzene rings is 1. The molecule has 150 valence electrons. The second-order valence-electron chi connectivity index (χ2n) is 6.75. The average molecular weight is 402 g/mol. The Bertz CT molecular complexity index is 793. The monoisotopic (exact) mass is 401 g/mol. The Kier molecular flexibility index (Phi) is 7.17. The Labute approximate surface area is 170 Å². The fraction of sp³-hybridized carbons (Fsp3) is 0.429. The molecule has 1 aromatic heterocycles. The van der Waals surface area contributed by atoms with E-state index in [4.69, 9.17) is 9.47 Å². The Morgan fingerprint density at radius 2 is 1.82 bits per heavy atom. The van der Waals surface area contributed by atoms with Gasteiger partial charge >= 0.3 is 0 Å². The normalized spacial score (nSPS) is 14.8. The topological polar surface area (TPSA) is 54.9 Å². The number of nitrogens with zero attached hydrogens (tertiary/aromatic N) is 3. The molecular formula is C21H27N3O3S. The van der Waals surface area contributed by atoms with Crippen molar-refractivity contribution in [2.24, 2.45) is 0 Å². The summed E-state index contributed by atoms with van der Waals surface area (Å²) in [6.07, 6.45) is 1.75. The summed E-state index contributed by atoms with van der Waals surface area (Å²) in [6, 6.07) is 9.82. The quantitative estimate of drug-likeness (QED) is 0.665. The van der Waals surface area contributed by atoms with Crippen LogP contribution in [-0.4, -0.2) is 66.8 Å². The number of piperazine rings is 1. The van der Waals surface area contributed by atoms with Crippen molar-refractivity contribution in [3.63, 3.8) is 0 Å². The predicted octanol–water partition coefficient (Wildman–Crippen LogP) is 2.84. The standard InChI is InChI=1S/C21H27N3O3S/c1-16-12-18(26-2)19(27-3)13-17(16)14-23-8-10-24(11-9-23)21(25)15-28-20-6-4-5-7-22-20/h4-7,12-13H,8-11,14-15H2,1-3H3. The number of methoxy groups -OCH3 is 2. The highest BCUT2D eigenvalue weighted by Crippen LogP contribution is 2.31. The van der Waals surface area contributed by atoms with Crippen LogP contribution in [0, 0.1) is 6.92 Å². The molecule has 1 saturated heterocycles. The zero-order valence-electron chi connectivity index (χ0n) is 16.7. The summed E-state index contributed by atoms with van der Waals surface area (Å²) >= 11 is 1.49. The molecule has 0 bridgehead atoms. The maximum Gasteiger partial charge on any atom is 0.233 e. The van der Waals surface area contributed by atoms with E-state index in [1.54, 1.807) is 20.4 Å². The van der Waals surface area contributed by atoms with Crippen LogP contribution in [0.15, 0.2) is 41.6 Å². The van der Waals surface area contributed by atoms with Gasteiger partial charge in [0.15, 0.2) is 11.5 Å². The first-order valence-electron chi connectivity index (χ1n) is 9.36. The van der Waals surface area contributed by atoms with Gasteiger partial charge in [0.25, 0.3) is 0 Å². The lowest BCUT2D eigenvalue weighted by Gasteiger charge is -2.35. The van der Waals surface area contributed by atoms with Crippen molar-refractivity contribution >= 4 is 17.7 Å². The molecule has 0 spiro atoms. The molecule has 1 fully saturated rings. The van der Waals surface area contributed by atoms with Crippen molar-refractivity contribution in [1.29, 1.82) is 0 Å². The molecule has 1 aromatic carbocycles. The van der Waals surface area contributed by atoms with Gasteiger partial charge in [0.05, 0.1) is 25.0 Å². The maximum absolute atomic E-state index is 12.5. The van der Waals surface area contributed by atoms with Gasteiger partial charge in [0.2, 0.25) is 5.91 Å². The highest BCUT2D eigenvalue weighted by Gasteiger charge is 2.22. The van der Waals surface area contributed by atoms with E-state index in [1.165, 1.54) is 22.9 Å². The number of ether oxygens (including phenoxy) is 2. The molecule has 1 aliphatic heterocycles. The van der Waals surface area contributed by atoms with Gasteiger partial charge in [-0.05, 0) is 42.3 Å². The number of amides is 1. The zero-order valence-corrected chi connectivity index (χ0v) is 17.5. The van der Waals surface area contributed by atoms with E-state index in [1.807, 2.05) is 29.2 Å². The number of hydrogen-bond acceptors (Lipinski definition) is 6. The van der Waals surface area contributed by atoms with Crippen LogP contribution in [0.2, 0.25) is 0 Å². The number of hydrogen-bond donors (Lipinski definition) is 0. The first-order chi connectivity index (χ1) is 13.6. The largest absolute Gasteiger partial charge is 0.493 e. The Morgan fingerprint density at radius 1 is 1.11 bits per heavy atom. The molecule has 6 nitrogen and oxygen atoms in total. The minimum atomic E-state index is 0.178. The van der Waals surface area contributed by atoms with Crippen LogP contribution in [0.25, 0.3) is 0 Å². The van der Waals surface area contributed by atoms with Crippen LogP contribution in [0.5, 0.6) is 11.5 Å². The predicted molar refractivity (Wildman–Crippen MR) is 111 cm³/mol. The third-order valence-corrected chi connectivity index (χ3v) is 5.87. The Morgan fingerprint density at radius 3 is 2.46 bits per heavy atom. The summed E-state index contributed by atoms with van der Waals surface area (Å²) in [4.78, 5) is 21.1. The molecule has 1 aliphatic rings. The highest BCUT2D eigenvalue weighted by molar-refractivity contribution is 7.99. The van der Waals surface area contributed by atoms with Gasteiger partial charge < -0.3 is 14.4 Å². The van der Waals surface area contributed by atoms with Gasteiger partial charge in [-0.15, -0.1) is 0 Å². The lowest BCUT2D eigenvalue weighted by atomic mass is 10.1. The van der Waals surface area contributed by atoms with Crippen molar-refractivity contribution in [3.05, 3.63) is 47.7 Å². The third-order valence-electron chi connectivity index (χ3n) is 4.94. The van der Waals surface area contributed by atoms with Crippen LogP contribution in [0.3, 0.4) is 0 Å². The summed E-state index contributed by atoms with van der Waals surface area (Å²) in [5, 5.41) is 0.887. The van der Waals surface area contributed by atoms with Gasteiger partial charge in [-0.2, -0.15) is 0 Å². The minimum Gasteiger partial charge on any atom is -0.493 e. The molecule has 0 unspecified atom stereocenters. The molecule has 0 aliphatic carbocycles. The van der Waals surface area contributed by atoms with E-state index in [9.17, 15) is 4.79 Å². The highest BCUT2D eigenvalue weighted by atomic mass is 32.2. The van der Waals surface area contributed by atoms with Crippen molar-refractivity contribution in [3.8, 4) is 11.5 Å². The molecule has 0 radical (unpaired) electrons. The van der Waals surface area contributed by atoms with Gasteiger partial charge in [0, 0.05) is 38.9 Å². The first-order valence-corrected chi connectivity index (χ1v) is 10.3. The Balaban J connectivity index is 1.51. The van der Waals surface area contributed by atoms with Crippen LogP contribution in [-0.2, 0) is 11.3 Å². The van der Waals surface area contributed by atoms with E-state index < -0.39 is 0 Å². The van der Waals surface area contributed by atoms with E-state index in [0.29, 0.717) is 5.75 Å². The number of thioether (sulfide) groups is 1. The van der Waals surface area contributed by atoms with Crippen LogP contribution >= 0.6 is 11.8 Å². The maximum atomic E-state index is 12.5. The molecular weight excluding hydrogens is 374 g/mol. The SMILES string of the molecule is COc1cc(C)c(CN2CCN(C(=O)CSc3ccccn3)CC2)cc1OC. The molecule has 0 saturated carbocycles.